The Morgan fingerprint density at radius 3 is 0.623 bits per heavy atom. The zero-order chi connectivity index (χ0) is 82.1. The number of anilines is 12. The Morgan fingerprint density at radius 1 is 0.131 bits per heavy atom. The van der Waals surface area contributed by atoms with Crippen LogP contribution in [0, 0.1) is 0 Å². The standard InChI is InChI=1S/C64H46N2.C54H44N2/c1-4-12-47(13-5-1)51-22-34-59(35-23-51)65(60-36-24-52(25-37-60)48-14-6-2-7-15-48)62-40-28-54(29-41-62)55-30-42-63(43-31-55)66(61-38-26-53(27-39-61)49-16-8-3-9-17-49)64-44-32-56(33-45-64)58-21-20-50-18-10-11-19-57(50)46-58;1-53(2)49-21-13-11-19-45(49)47-33-31-43(35-51(47)53)55(39-15-7-5-8-16-39)41-27-23-37(24-28-41)38-25-29-42(30-26-38)56(40-17-9-6-10-18-40)44-32-34-48-46-20-12-14-22-50(46)54(3,4)52(48)36-44/h1-46H;5-36H,1-4H3. The molecule has 2 aliphatic rings. The Morgan fingerprint density at radius 2 is 0.328 bits per heavy atom. The molecule has 0 aliphatic heterocycles. The highest BCUT2D eigenvalue weighted by atomic mass is 15.2. The molecule has 4 nitrogen and oxygen atoms in total. The zero-order valence-electron chi connectivity index (χ0n) is 68.8. The largest absolute Gasteiger partial charge is 0.311 e. The van der Waals surface area contributed by atoms with E-state index in [1.807, 2.05) is 0 Å². The number of benzene rings is 19. The molecule has 0 bridgehead atoms. The normalized spacial score (nSPS) is 12.4. The molecule has 122 heavy (non-hydrogen) atoms. The van der Waals surface area contributed by atoms with Gasteiger partial charge >= 0.3 is 0 Å². The summed E-state index contributed by atoms with van der Waals surface area (Å²) in [5.74, 6) is 0. The maximum atomic E-state index is 2.40. The molecule has 4 heteroatoms. The van der Waals surface area contributed by atoms with Crippen LogP contribution >= 0.6 is 0 Å². The van der Waals surface area contributed by atoms with Gasteiger partial charge in [0.05, 0.1) is 0 Å². The maximum absolute atomic E-state index is 2.40. The van der Waals surface area contributed by atoms with Gasteiger partial charge in [-0.15, -0.1) is 0 Å². The van der Waals surface area contributed by atoms with E-state index in [4.69, 9.17) is 0 Å². The van der Waals surface area contributed by atoms with Gasteiger partial charge in [0.1, 0.15) is 0 Å². The number of hydrogen-bond acceptors (Lipinski definition) is 4. The summed E-state index contributed by atoms with van der Waals surface area (Å²) in [6, 6.07) is 171. The molecular weight excluding hydrogens is 1470 g/mol. The van der Waals surface area contributed by atoms with Gasteiger partial charge in [0.2, 0.25) is 0 Å². The van der Waals surface area contributed by atoms with Crippen molar-refractivity contribution in [1.82, 2.24) is 0 Å². The molecule has 0 heterocycles. The van der Waals surface area contributed by atoms with Gasteiger partial charge in [0, 0.05) is 79.1 Å². The fraction of sp³-hybridized carbons (Fsp3) is 0.0508. The van der Waals surface area contributed by atoms with Crippen molar-refractivity contribution in [3.05, 3.63) is 495 Å². The first-order valence-corrected chi connectivity index (χ1v) is 42.3. The first-order valence-electron chi connectivity index (χ1n) is 42.3. The average Bonchev–Trinajstić information content (AvgIpc) is 1.58. The molecule has 0 saturated carbocycles. The van der Waals surface area contributed by atoms with E-state index in [2.05, 4.69) is 520 Å². The lowest BCUT2D eigenvalue weighted by Gasteiger charge is -2.28. The molecule has 19 aromatic rings. The highest BCUT2D eigenvalue weighted by molar-refractivity contribution is 5.92. The van der Waals surface area contributed by atoms with Crippen LogP contribution in [0.2, 0.25) is 0 Å². The van der Waals surface area contributed by atoms with Gasteiger partial charge in [0.25, 0.3) is 0 Å². The van der Waals surface area contributed by atoms with Gasteiger partial charge in [-0.3, -0.25) is 0 Å². The number of hydrogen-bond donors (Lipinski definition) is 0. The Balaban J connectivity index is 0.000000157. The molecule has 19 aromatic carbocycles. The van der Waals surface area contributed by atoms with Crippen LogP contribution in [0.3, 0.4) is 0 Å². The molecule has 0 spiro atoms. The van der Waals surface area contributed by atoms with Gasteiger partial charge in [-0.2, -0.15) is 0 Å². The first kappa shape index (κ1) is 75.4. The summed E-state index contributed by atoms with van der Waals surface area (Å²) in [7, 11) is 0. The second-order valence-electron chi connectivity index (χ2n) is 32.8. The Hall–Kier alpha value is -15.4. The lowest BCUT2D eigenvalue weighted by molar-refractivity contribution is 0.660. The van der Waals surface area contributed by atoms with Crippen molar-refractivity contribution >= 4 is 79.0 Å². The van der Waals surface area contributed by atoms with E-state index < -0.39 is 0 Å². The first-order chi connectivity index (χ1) is 60.0. The van der Waals surface area contributed by atoms with Crippen molar-refractivity contribution in [3.8, 4) is 89.0 Å². The number of para-hydroxylation sites is 2. The highest BCUT2D eigenvalue weighted by Gasteiger charge is 2.38. The molecule has 582 valence electrons. The lowest BCUT2D eigenvalue weighted by Crippen LogP contribution is -2.16. The Kier molecular flexibility index (Phi) is 20.1. The summed E-state index contributed by atoms with van der Waals surface area (Å²) >= 11 is 0. The number of nitrogens with zero attached hydrogens (tertiary/aromatic N) is 4. The van der Waals surface area contributed by atoms with Crippen molar-refractivity contribution in [1.29, 1.82) is 0 Å². The van der Waals surface area contributed by atoms with Crippen LogP contribution in [0.5, 0.6) is 0 Å². The summed E-state index contributed by atoms with van der Waals surface area (Å²) in [6.45, 7) is 9.39. The van der Waals surface area contributed by atoms with Crippen molar-refractivity contribution in [2.75, 3.05) is 19.6 Å². The topological polar surface area (TPSA) is 13.0 Å². The Bertz CT molecular complexity index is 6620. The summed E-state index contributed by atoms with van der Waals surface area (Å²) < 4.78 is 0. The fourth-order valence-corrected chi connectivity index (χ4v) is 18.3. The lowest BCUT2D eigenvalue weighted by atomic mass is 9.82. The fourth-order valence-electron chi connectivity index (χ4n) is 18.3. The van der Waals surface area contributed by atoms with Gasteiger partial charge in [-0.1, -0.05) is 349 Å². The van der Waals surface area contributed by atoms with Gasteiger partial charge in [0.15, 0.2) is 0 Å². The smallest absolute Gasteiger partial charge is 0.0465 e. The molecule has 21 rings (SSSR count). The number of rotatable bonds is 18. The maximum Gasteiger partial charge on any atom is 0.0465 e. The van der Waals surface area contributed by atoms with E-state index in [0.29, 0.717) is 0 Å². The second kappa shape index (κ2) is 32.5. The van der Waals surface area contributed by atoms with E-state index in [1.54, 1.807) is 0 Å². The van der Waals surface area contributed by atoms with Crippen molar-refractivity contribution in [2.45, 2.75) is 38.5 Å². The predicted molar refractivity (Wildman–Crippen MR) is 517 cm³/mol. The molecule has 0 fully saturated rings. The molecule has 0 aromatic heterocycles. The average molecular weight is 1560 g/mol. The van der Waals surface area contributed by atoms with Crippen LogP contribution < -0.4 is 19.6 Å². The molecule has 0 unspecified atom stereocenters. The Labute approximate surface area is 716 Å². The summed E-state index contributed by atoms with van der Waals surface area (Å²) in [4.78, 5) is 9.43. The van der Waals surface area contributed by atoms with Crippen LogP contribution in [0.15, 0.2) is 473 Å². The van der Waals surface area contributed by atoms with E-state index >= 15 is 0 Å². The number of fused-ring (bicyclic) bond motifs is 7. The van der Waals surface area contributed by atoms with Crippen molar-refractivity contribution in [2.24, 2.45) is 0 Å². The minimum atomic E-state index is -0.0700. The van der Waals surface area contributed by atoms with Crippen LogP contribution in [0.25, 0.3) is 99.8 Å². The molecule has 0 radical (unpaired) electrons. The molecule has 0 saturated heterocycles. The quantitative estimate of drug-likeness (QED) is 0.0849. The van der Waals surface area contributed by atoms with Gasteiger partial charge in [-0.05, 0) is 274 Å². The zero-order valence-corrected chi connectivity index (χ0v) is 68.8. The third kappa shape index (κ3) is 14.7. The SMILES string of the molecule is CC1(C)c2ccccc2-c2ccc(N(c3ccccc3)c3ccc(-c4ccc(N(c5ccccc5)c5ccc6c(c5)C(C)(C)c5ccccc5-6)cc4)cc3)cc21.c1ccc(-c2ccc(N(c3ccc(-c4ccccc4)cc3)c3ccc(-c4ccc(N(c5ccc(-c6ccccc6)cc5)c5ccc(-c6ccc7ccccc7c6)cc5)cc4)cc3)cc2)cc1. The molecule has 0 amide bonds. The molecule has 0 N–H and O–H groups in total. The van der Waals surface area contributed by atoms with Crippen LogP contribution in [0.1, 0.15) is 49.9 Å². The van der Waals surface area contributed by atoms with Crippen LogP contribution in [-0.2, 0) is 10.8 Å². The van der Waals surface area contributed by atoms with Crippen molar-refractivity contribution < 1.29 is 0 Å². The predicted octanol–water partition coefficient (Wildman–Crippen LogP) is 33.0. The van der Waals surface area contributed by atoms with Crippen LogP contribution in [0.4, 0.5) is 68.2 Å². The molecular formula is C118H90N4. The van der Waals surface area contributed by atoms with Gasteiger partial charge in [-0.25, -0.2) is 0 Å². The third-order valence-electron chi connectivity index (χ3n) is 24.8. The summed E-state index contributed by atoms with van der Waals surface area (Å²) in [5.41, 5.74) is 38.4. The van der Waals surface area contributed by atoms with E-state index in [-0.39, 0.29) is 10.8 Å². The monoisotopic (exact) mass is 1560 g/mol. The molecule has 0 atom stereocenters. The molecule has 2 aliphatic carbocycles. The van der Waals surface area contributed by atoms with Gasteiger partial charge < -0.3 is 19.6 Å². The second-order valence-corrected chi connectivity index (χ2v) is 32.8. The van der Waals surface area contributed by atoms with E-state index in [1.165, 1.54) is 111 Å². The summed E-state index contributed by atoms with van der Waals surface area (Å²) in [5, 5.41) is 2.49. The third-order valence-corrected chi connectivity index (χ3v) is 24.8. The van der Waals surface area contributed by atoms with E-state index in [9.17, 15) is 0 Å². The summed E-state index contributed by atoms with van der Waals surface area (Å²) in [6.07, 6.45) is 0. The minimum Gasteiger partial charge on any atom is -0.311 e. The minimum absolute atomic E-state index is 0.0700. The van der Waals surface area contributed by atoms with E-state index in [0.717, 1.165) is 79.4 Å². The van der Waals surface area contributed by atoms with Crippen molar-refractivity contribution in [3.63, 3.8) is 0 Å². The highest BCUT2D eigenvalue weighted by Crippen LogP contribution is 2.53. The van der Waals surface area contributed by atoms with Crippen LogP contribution in [-0.4, -0.2) is 0 Å².